The first kappa shape index (κ1) is 17.6. The molecule has 7 heteroatoms. The number of nitrogens with zero attached hydrogens (tertiary/aromatic N) is 3. The zero-order valence-corrected chi connectivity index (χ0v) is 14.7. The summed E-state index contributed by atoms with van der Waals surface area (Å²) in [6.07, 6.45) is 3.31. The first-order chi connectivity index (χ1) is 11.7. The molecule has 1 amide bonds. The molecule has 1 aromatic rings. The van der Waals surface area contributed by atoms with Gasteiger partial charge in [0.15, 0.2) is 0 Å². The van der Waals surface area contributed by atoms with Crippen LogP contribution in [0.2, 0.25) is 0 Å². The molecule has 2 fully saturated rings. The van der Waals surface area contributed by atoms with E-state index in [-0.39, 0.29) is 18.2 Å². The number of fused-ring (bicyclic) bond motifs is 2. The Bertz CT molecular complexity index is 693. The molecule has 2 saturated heterocycles. The Morgan fingerprint density at radius 1 is 1.40 bits per heavy atom. The van der Waals surface area contributed by atoms with Crippen LogP contribution in [0.3, 0.4) is 0 Å². The Morgan fingerprint density at radius 3 is 2.60 bits per heavy atom. The summed E-state index contributed by atoms with van der Waals surface area (Å²) in [4.78, 5) is 18.3. The summed E-state index contributed by atoms with van der Waals surface area (Å²) in [5.74, 6) is 0. The van der Waals surface area contributed by atoms with Gasteiger partial charge in [0.2, 0.25) is 0 Å². The second-order valence-electron chi connectivity index (χ2n) is 7.75. The van der Waals surface area contributed by atoms with Gasteiger partial charge in [0.05, 0.1) is 36.5 Å². The van der Waals surface area contributed by atoms with Crippen LogP contribution in [0, 0.1) is 11.3 Å². The van der Waals surface area contributed by atoms with Crippen molar-refractivity contribution in [3.8, 4) is 6.07 Å². The van der Waals surface area contributed by atoms with E-state index in [2.05, 4.69) is 4.98 Å². The number of hydrogen-bond acceptors (Lipinski definition) is 6. The summed E-state index contributed by atoms with van der Waals surface area (Å²) in [7, 11) is 0. The van der Waals surface area contributed by atoms with Crippen LogP contribution in [0.4, 0.5) is 4.79 Å². The van der Waals surface area contributed by atoms with Crippen molar-refractivity contribution in [3.63, 3.8) is 0 Å². The van der Waals surface area contributed by atoms with Gasteiger partial charge in [-0.3, -0.25) is 9.88 Å². The number of carbonyl (C=O) groups is 1. The summed E-state index contributed by atoms with van der Waals surface area (Å²) < 4.78 is 11.1. The van der Waals surface area contributed by atoms with Crippen LogP contribution in [0.1, 0.15) is 44.7 Å². The summed E-state index contributed by atoms with van der Waals surface area (Å²) in [6.45, 7) is 6.19. The highest BCUT2D eigenvalue weighted by atomic mass is 16.6. The average Bonchev–Trinajstić information content (AvgIpc) is 2.52. The van der Waals surface area contributed by atoms with Gasteiger partial charge in [0.25, 0.3) is 0 Å². The maximum atomic E-state index is 12.6. The number of nitriles is 1. The van der Waals surface area contributed by atoms with Crippen LogP contribution in [-0.2, 0) is 15.1 Å². The van der Waals surface area contributed by atoms with Crippen molar-refractivity contribution in [1.29, 1.82) is 5.26 Å². The minimum atomic E-state index is -1.14. The second-order valence-corrected chi connectivity index (χ2v) is 7.75. The Balaban J connectivity index is 1.85. The quantitative estimate of drug-likeness (QED) is 0.836. The van der Waals surface area contributed by atoms with Gasteiger partial charge < -0.3 is 14.6 Å². The number of aliphatic hydroxyl groups is 1. The zero-order valence-electron chi connectivity index (χ0n) is 14.7. The van der Waals surface area contributed by atoms with Crippen molar-refractivity contribution in [1.82, 2.24) is 9.88 Å². The first-order valence-electron chi connectivity index (χ1n) is 8.39. The fourth-order valence-corrected chi connectivity index (χ4v) is 3.58. The molecule has 1 N–H and O–H groups in total. The molecule has 2 atom stereocenters. The second kappa shape index (κ2) is 6.28. The van der Waals surface area contributed by atoms with Gasteiger partial charge in [0.1, 0.15) is 11.7 Å². The fourth-order valence-electron chi connectivity index (χ4n) is 3.58. The fraction of sp³-hybridized carbons (Fsp3) is 0.611. The molecule has 25 heavy (non-hydrogen) atoms. The number of piperidine rings is 1. The maximum absolute atomic E-state index is 12.6. The van der Waals surface area contributed by atoms with E-state index in [9.17, 15) is 9.90 Å². The molecule has 1 aromatic heterocycles. The van der Waals surface area contributed by atoms with Gasteiger partial charge in [-0.1, -0.05) is 0 Å². The molecule has 2 bridgehead atoms. The lowest BCUT2D eigenvalue weighted by atomic mass is 9.77. The third-order valence-corrected chi connectivity index (χ3v) is 4.56. The first-order valence-corrected chi connectivity index (χ1v) is 8.39. The third-order valence-electron chi connectivity index (χ3n) is 4.56. The zero-order chi connectivity index (χ0) is 18.2. The predicted octanol–water partition coefficient (Wildman–Crippen LogP) is 1.94. The molecule has 3 heterocycles. The topological polar surface area (TPSA) is 95.7 Å². The van der Waals surface area contributed by atoms with E-state index in [0.29, 0.717) is 37.2 Å². The molecule has 0 aromatic carbocycles. The van der Waals surface area contributed by atoms with E-state index in [1.165, 1.54) is 6.20 Å². The minimum Gasteiger partial charge on any atom is -0.444 e. The SMILES string of the molecule is CC(C)(C)OC(=O)N1C2COCC1CC(O)(c1cncc(C#N)c1)C2. The van der Waals surface area contributed by atoms with E-state index >= 15 is 0 Å². The standard InChI is InChI=1S/C18H23N3O4/c1-17(2,3)25-16(22)21-14-5-18(23,6-15(21)11-24-10-14)13-4-12(7-19)8-20-9-13/h4,8-9,14-15,23H,5-6,10-11H2,1-3H3. The lowest BCUT2D eigenvalue weighted by Crippen LogP contribution is -2.63. The number of amides is 1. The van der Waals surface area contributed by atoms with Crippen LogP contribution in [0.15, 0.2) is 18.5 Å². The summed E-state index contributed by atoms with van der Waals surface area (Å²) in [5.41, 5.74) is -0.711. The van der Waals surface area contributed by atoms with E-state index in [0.717, 1.165) is 0 Å². The monoisotopic (exact) mass is 345 g/mol. The smallest absolute Gasteiger partial charge is 0.410 e. The summed E-state index contributed by atoms with van der Waals surface area (Å²) in [5, 5.41) is 20.3. The van der Waals surface area contributed by atoms with Crippen LogP contribution in [0.25, 0.3) is 0 Å². The number of aromatic nitrogens is 1. The van der Waals surface area contributed by atoms with E-state index in [4.69, 9.17) is 14.7 Å². The Hall–Kier alpha value is -2.17. The molecule has 2 aliphatic heterocycles. The van der Waals surface area contributed by atoms with Crippen molar-refractivity contribution in [2.45, 2.75) is 56.9 Å². The Morgan fingerprint density at radius 2 is 2.04 bits per heavy atom. The average molecular weight is 345 g/mol. The lowest BCUT2D eigenvalue weighted by Gasteiger charge is -2.51. The van der Waals surface area contributed by atoms with Crippen molar-refractivity contribution in [2.24, 2.45) is 0 Å². The normalized spacial score (nSPS) is 29.0. The minimum absolute atomic E-state index is 0.280. The molecular formula is C18H23N3O4. The number of rotatable bonds is 1. The maximum Gasteiger partial charge on any atom is 0.410 e. The van der Waals surface area contributed by atoms with E-state index < -0.39 is 11.2 Å². The number of morpholine rings is 1. The molecule has 7 nitrogen and oxygen atoms in total. The molecule has 3 rings (SSSR count). The molecule has 0 aliphatic carbocycles. The van der Waals surface area contributed by atoms with Crippen LogP contribution < -0.4 is 0 Å². The van der Waals surface area contributed by atoms with Gasteiger partial charge in [-0.25, -0.2) is 4.79 Å². The molecular weight excluding hydrogens is 322 g/mol. The van der Waals surface area contributed by atoms with Gasteiger partial charge in [0, 0.05) is 30.8 Å². The highest BCUT2D eigenvalue weighted by molar-refractivity contribution is 5.69. The van der Waals surface area contributed by atoms with Crippen LogP contribution in [0.5, 0.6) is 0 Å². The largest absolute Gasteiger partial charge is 0.444 e. The molecule has 0 radical (unpaired) electrons. The van der Waals surface area contributed by atoms with Gasteiger partial charge in [-0.05, 0) is 26.8 Å². The molecule has 134 valence electrons. The Kier molecular flexibility index (Phi) is 4.43. The molecule has 0 saturated carbocycles. The molecule has 0 spiro atoms. The highest BCUT2D eigenvalue weighted by Crippen LogP contribution is 2.41. The number of carbonyl (C=O) groups excluding carboxylic acids is 1. The number of ether oxygens (including phenoxy) is 2. The van der Waals surface area contributed by atoms with Gasteiger partial charge in [-0.15, -0.1) is 0 Å². The predicted molar refractivity (Wildman–Crippen MR) is 88.6 cm³/mol. The van der Waals surface area contributed by atoms with Gasteiger partial charge >= 0.3 is 6.09 Å². The highest BCUT2D eigenvalue weighted by Gasteiger charge is 2.50. The van der Waals surface area contributed by atoms with E-state index in [1.807, 2.05) is 26.8 Å². The number of hydrogen-bond donors (Lipinski definition) is 1. The van der Waals surface area contributed by atoms with Crippen molar-refractivity contribution < 1.29 is 19.4 Å². The summed E-state index contributed by atoms with van der Waals surface area (Å²) >= 11 is 0. The molecule has 2 unspecified atom stereocenters. The van der Waals surface area contributed by atoms with Gasteiger partial charge in [-0.2, -0.15) is 5.26 Å². The summed E-state index contributed by atoms with van der Waals surface area (Å²) in [6, 6.07) is 3.14. The Labute approximate surface area is 147 Å². The van der Waals surface area contributed by atoms with Crippen molar-refractivity contribution in [2.75, 3.05) is 13.2 Å². The molecule has 2 aliphatic rings. The third kappa shape index (κ3) is 3.60. The van der Waals surface area contributed by atoms with Crippen molar-refractivity contribution in [3.05, 3.63) is 29.6 Å². The van der Waals surface area contributed by atoms with Crippen LogP contribution in [-0.4, -0.2) is 52.0 Å². The van der Waals surface area contributed by atoms with E-state index in [1.54, 1.807) is 17.2 Å². The lowest BCUT2D eigenvalue weighted by molar-refractivity contribution is -0.141. The number of pyridine rings is 1. The van der Waals surface area contributed by atoms with Crippen molar-refractivity contribution >= 4 is 6.09 Å². The van der Waals surface area contributed by atoms with Crippen LogP contribution >= 0.6 is 0 Å².